The predicted octanol–water partition coefficient (Wildman–Crippen LogP) is 9.22. The maximum atomic E-state index is 3.96. The van der Waals surface area contributed by atoms with Crippen LogP contribution in [0.4, 0.5) is 0 Å². The van der Waals surface area contributed by atoms with Crippen molar-refractivity contribution in [2.75, 3.05) is 0 Å². The van der Waals surface area contributed by atoms with Gasteiger partial charge >= 0.3 is 0 Å². The molecule has 0 unspecified atom stereocenters. The molecule has 156 valence electrons. The highest BCUT2D eigenvalue weighted by molar-refractivity contribution is 9.11. The van der Waals surface area contributed by atoms with Crippen LogP contribution in [0.5, 0.6) is 0 Å². The average Bonchev–Trinajstić information content (AvgIpc) is 3.09. The van der Waals surface area contributed by atoms with E-state index in [4.69, 9.17) is 0 Å². The SMILES string of the molecule is Brc1cc(Br)c2c(c1)C1(c3ccccc3-c3ccccc3-2)c2ccccc2-c2ccccc21. The van der Waals surface area contributed by atoms with Crippen LogP contribution in [0.3, 0.4) is 0 Å². The number of halogens is 2. The van der Waals surface area contributed by atoms with E-state index in [-0.39, 0.29) is 0 Å². The van der Waals surface area contributed by atoms with Gasteiger partial charge in [-0.05, 0) is 62.2 Å². The van der Waals surface area contributed by atoms with Crippen molar-refractivity contribution >= 4 is 31.9 Å². The van der Waals surface area contributed by atoms with Gasteiger partial charge in [0.25, 0.3) is 0 Å². The molecule has 2 heteroatoms. The van der Waals surface area contributed by atoms with Gasteiger partial charge in [-0.25, -0.2) is 0 Å². The Balaban J connectivity index is 1.80. The fourth-order valence-electron chi connectivity index (χ4n) is 6.08. The average molecular weight is 550 g/mol. The Hall–Kier alpha value is -2.94. The maximum Gasteiger partial charge on any atom is 0.0726 e. The van der Waals surface area contributed by atoms with Gasteiger partial charge in [-0.1, -0.05) is 129 Å². The molecule has 5 aromatic rings. The van der Waals surface area contributed by atoms with Crippen LogP contribution in [0.2, 0.25) is 0 Å². The van der Waals surface area contributed by atoms with E-state index in [1.54, 1.807) is 0 Å². The van der Waals surface area contributed by atoms with Crippen LogP contribution >= 0.6 is 31.9 Å². The van der Waals surface area contributed by atoms with Crippen molar-refractivity contribution in [1.29, 1.82) is 0 Å². The molecular weight excluding hydrogens is 532 g/mol. The molecule has 0 bridgehead atoms. The van der Waals surface area contributed by atoms with Crippen LogP contribution in [-0.2, 0) is 5.41 Å². The van der Waals surface area contributed by atoms with Gasteiger partial charge < -0.3 is 0 Å². The number of fused-ring (bicyclic) bond motifs is 12. The lowest BCUT2D eigenvalue weighted by Crippen LogP contribution is -2.29. The molecule has 2 aliphatic carbocycles. The first-order valence-corrected chi connectivity index (χ1v) is 12.7. The molecule has 0 N–H and O–H groups in total. The van der Waals surface area contributed by atoms with E-state index in [2.05, 4.69) is 141 Å². The second-order valence-corrected chi connectivity index (χ2v) is 10.5. The van der Waals surface area contributed by atoms with Crippen LogP contribution in [0.25, 0.3) is 33.4 Å². The van der Waals surface area contributed by atoms with Gasteiger partial charge in [-0.3, -0.25) is 0 Å². The molecule has 0 atom stereocenters. The quantitative estimate of drug-likeness (QED) is 0.177. The second-order valence-electron chi connectivity index (χ2n) is 8.74. The highest BCUT2D eigenvalue weighted by Crippen LogP contribution is 2.62. The lowest BCUT2D eigenvalue weighted by molar-refractivity contribution is 0.774. The summed E-state index contributed by atoms with van der Waals surface area (Å²) in [6.45, 7) is 0. The van der Waals surface area contributed by atoms with Crippen LogP contribution in [0.1, 0.15) is 22.3 Å². The first-order valence-electron chi connectivity index (χ1n) is 11.1. The number of rotatable bonds is 0. The zero-order valence-corrected chi connectivity index (χ0v) is 20.8. The van der Waals surface area contributed by atoms with Crippen molar-refractivity contribution in [3.05, 3.63) is 140 Å². The summed E-state index contributed by atoms with van der Waals surface area (Å²) >= 11 is 7.79. The summed E-state index contributed by atoms with van der Waals surface area (Å²) in [7, 11) is 0. The van der Waals surface area contributed by atoms with E-state index < -0.39 is 5.41 Å². The highest BCUT2D eigenvalue weighted by atomic mass is 79.9. The first kappa shape index (κ1) is 19.5. The molecular formula is C31H18Br2. The van der Waals surface area contributed by atoms with Crippen molar-refractivity contribution in [1.82, 2.24) is 0 Å². The Labute approximate surface area is 210 Å². The van der Waals surface area contributed by atoms with Crippen LogP contribution in [-0.4, -0.2) is 0 Å². The molecule has 0 aliphatic heterocycles. The summed E-state index contributed by atoms with van der Waals surface area (Å²) in [4.78, 5) is 0. The van der Waals surface area contributed by atoms with Crippen molar-refractivity contribution in [2.24, 2.45) is 0 Å². The van der Waals surface area contributed by atoms with Gasteiger partial charge in [0.05, 0.1) is 5.41 Å². The van der Waals surface area contributed by atoms with Gasteiger partial charge in [0.1, 0.15) is 0 Å². The van der Waals surface area contributed by atoms with Gasteiger partial charge in [-0.2, -0.15) is 0 Å². The molecule has 2 aliphatic rings. The third-order valence-electron chi connectivity index (χ3n) is 7.23. The molecule has 1 spiro atoms. The second kappa shape index (κ2) is 7.03. The van der Waals surface area contributed by atoms with E-state index in [1.165, 1.54) is 55.6 Å². The fraction of sp³-hybridized carbons (Fsp3) is 0.0323. The van der Waals surface area contributed by atoms with Gasteiger partial charge in [0.2, 0.25) is 0 Å². The van der Waals surface area contributed by atoms with Crippen molar-refractivity contribution < 1.29 is 0 Å². The van der Waals surface area contributed by atoms with Crippen molar-refractivity contribution in [3.8, 4) is 33.4 Å². The van der Waals surface area contributed by atoms with Crippen molar-refractivity contribution in [2.45, 2.75) is 5.41 Å². The third-order valence-corrected chi connectivity index (χ3v) is 8.31. The fourth-order valence-corrected chi connectivity index (χ4v) is 7.52. The number of hydrogen-bond donors (Lipinski definition) is 0. The Bertz CT molecular complexity index is 1550. The minimum absolute atomic E-state index is 0.412. The molecule has 5 aromatic carbocycles. The van der Waals surface area contributed by atoms with E-state index in [0.29, 0.717) is 0 Å². The lowest BCUT2D eigenvalue weighted by Gasteiger charge is -2.35. The number of hydrogen-bond acceptors (Lipinski definition) is 0. The zero-order chi connectivity index (χ0) is 22.2. The largest absolute Gasteiger partial charge is 0.0726 e. The smallest absolute Gasteiger partial charge is 0.0619 e. The van der Waals surface area contributed by atoms with E-state index in [0.717, 1.165) is 8.95 Å². The molecule has 7 rings (SSSR count). The molecule has 0 amide bonds. The molecule has 0 heterocycles. The molecule has 0 aromatic heterocycles. The molecule has 0 saturated carbocycles. The summed E-state index contributed by atoms with van der Waals surface area (Å²) in [5.74, 6) is 0. The molecule has 0 radical (unpaired) electrons. The molecule has 0 fully saturated rings. The summed E-state index contributed by atoms with van der Waals surface area (Å²) in [5, 5.41) is 0. The summed E-state index contributed by atoms with van der Waals surface area (Å²) < 4.78 is 2.18. The summed E-state index contributed by atoms with van der Waals surface area (Å²) in [6.07, 6.45) is 0. The van der Waals surface area contributed by atoms with E-state index in [9.17, 15) is 0 Å². The van der Waals surface area contributed by atoms with Crippen LogP contribution < -0.4 is 0 Å². The minimum atomic E-state index is -0.412. The van der Waals surface area contributed by atoms with Gasteiger partial charge in [0, 0.05) is 14.5 Å². The first-order chi connectivity index (χ1) is 16.2. The van der Waals surface area contributed by atoms with E-state index >= 15 is 0 Å². The third kappa shape index (κ3) is 2.46. The van der Waals surface area contributed by atoms with Crippen LogP contribution in [0.15, 0.2) is 118 Å². The number of benzene rings is 5. The van der Waals surface area contributed by atoms with Crippen molar-refractivity contribution in [3.63, 3.8) is 0 Å². The van der Waals surface area contributed by atoms with E-state index in [1.807, 2.05) is 0 Å². The van der Waals surface area contributed by atoms with Crippen LogP contribution in [0, 0.1) is 0 Å². The monoisotopic (exact) mass is 548 g/mol. The molecule has 33 heavy (non-hydrogen) atoms. The normalized spacial score (nSPS) is 14.0. The molecule has 0 saturated heterocycles. The Morgan fingerprint density at radius 1 is 0.424 bits per heavy atom. The Morgan fingerprint density at radius 2 is 0.848 bits per heavy atom. The van der Waals surface area contributed by atoms with Gasteiger partial charge in [-0.15, -0.1) is 0 Å². The maximum absolute atomic E-state index is 3.96. The molecule has 0 nitrogen and oxygen atoms in total. The van der Waals surface area contributed by atoms with Gasteiger partial charge in [0.15, 0.2) is 0 Å². The zero-order valence-electron chi connectivity index (χ0n) is 17.6. The Kier molecular flexibility index (Phi) is 4.16. The standard InChI is InChI=1S/C31H18Br2/c32-19-17-28-30(29(33)18-19)24-13-2-1-9-20(24)21-10-3-6-14-25(21)31(28)26-15-7-4-11-22(26)23-12-5-8-16-27(23)31/h1-18H. The Morgan fingerprint density at radius 3 is 1.39 bits per heavy atom. The summed E-state index contributed by atoms with van der Waals surface area (Å²) in [5.41, 5.74) is 12.6. The highest BCUT2D eigenvalue weighted by Gasteiger charge is 2.49. The minimum Gasteiger partial charge on any atom is -0.0619 e. The predicted molar refractivity (Wildman–Crippen MR) is 144 cm³/mol. The summed E-state index contributed by atoms with van der Waals surface area (Å²) in [6, 6.07) is 40.1. The lowest BCUT2D eigenvalue weighted by atomic mass is 9.66. The topological polar surface area (TPSA) is 0 Å².